The highest BCUT2D eigenvalue weighted by molar-refractivity contribution is 7.80. The van der Waals surface area contributed by atoms with Crippen LogP contribution in [0.1, 0.15) is 21.5 Å². The Morgan fingerprint density at radius 1 is 1.47 bits per heavy atom. The zero-order chi connectivity index (χ0) is 13.2. The smallest absolute Gasteiger partial charge is 0.418 e. The fourth-order valence-electron chi connectivity index (χ4n) is 1.29. The third-order valence-corrected chi connectivity index (χ3v) is 2.19. The van der Waals surface area contributed by atoms with Crippen molar-refractivity contribution in [1.29, 1.82) is 5.26 Å². The Balaban J connectivity index is 3.63. The lowest BCUT2D eigenvalue weighted by atomic mass is 10.0. The molecule has 0 saturated carbocycles. The van der Waals surface area contributed by atoms with E-state index < -0.39 is 28.8 Å². The molecule has 1 aromatic carbocycles. The van der Waals surface area contributed by atoms with Gasteiger partial charge in [-0.1, -0.05) is 0 Å². The summed E-state index contributed by atoms with van der Waals surface area (Å²) in [6.45, 7) is 0. The largest absolute Gasteiger partial charge is 0.465 e. The van der Waals surface area contributed by atoms with E-state index in [-0.39, 0.29) is 4.90 Å². The van der Waals surface area contributed by atoms with Crippen molar-refractivity contribution in [2.24, 2.45) is 0 Å². The van der Waals surface area contributed by atoms with Crippen LogP contribution in [0.25, 0.3) is 0 Å². The van der Waals surface area contributed by atoms with Crippen LogP contribution in [0.15, 0.2) is 17.0 Å². The van der Waals surface area contributed by atoms with Gasteiger partial charge in [0.05, 0.1) is 29.9 Å². The molecule has 90 valence electrons. The van der Waals surface area contributed by atoms with Crippen LogP contribution in [0.3, 0.4) is 0 Å². The van der Waals surface area contributed by atoms with Gasteiger partial charge in [0, 0.05) is 4.90 Å². The summed E-state index contributed by atoms with van der Waals surface area (Å²) in [4.78, 5) is 11.3. The molecule has 0 aliphatic carbocycles. The number of hydrogen-bond acceptors (Lipinski definition) is 4. The van der Waals surface area contributed by atoms with E-state index in [2.05, 4.69) is 17.4 Å². The summed E-state index contributed by atoms with van der Waals surface area (Å²) in [6, 6.07) is 3.24. The van der Waals surface area contributed by atoms with Crippen LogP contribution in [-0.4, -0.2) is 13.1 Å². The number of benzene rings is 1. The first-order valence-corrected chi connectivity index (χ1v) is 4.68. The molecule has 0 N–H and O–H groups in total. The van der Waals surface area contributed by atoms with Gasteiger partial charge in [0.2, 0.25) is 0 Å². The highest BCUT2D eigenvalue weighted by Crippen LogP contribution is 2.36. The van der Waals surface area contributed by atoms with Gasteiger partial charge in [0.25, 0.3) is 0 Å². The number of alkyl halides is 3. The minimum absolute atomic E-state index is 0.0787. The Bertz CT molecular complexity index is 505. The maximum Gasteiger partial charge on any atom is 0.418 e. The van der Waals surface area contributed by atoms with E-state index in [1.54, 1.807) is 0 Å². The van der Waals surface area contributed by atoms with Crippen molar-refractivity contribution in [3.63, 3.8) is 0 Å². The quantitative estimate of drug-likeness (QED) is 0.624. The first kappa shape index (κ1) is 13.4. The Morgan fingerprint density at radius 2 is 2.06 bits per heavy atom. The number of carbonyl (C=O) groups is 1. The average Bonchev–Trinajstić information content (AvgIpc) is 2.24. The lowest BCUT2D eigenvalue weighted by molar-refractivity contribution is -0.138. The van der Waals surface area contributed by atoms with Crippen molar-refractivity contribution in [3.8, 4) is 6.07 Å². The van der Waals surface area contributed by atoms with Crippen LogP contribution in [0.2, 0.25) is 0 Å². The van der Waals surface area contributed by atoms with Gasteiger partial charge in [0.15, 0.2) is 0 Å². The second-order valence-corrected chi connectivity index (χ2v) is 3.53. The number of carbonyl (C=O) groups excluding carboxylic acids is 1. The highest BCUT2D eigenvalue weighted by Gasteiger charge is 2.38. The molecule has 0 aromatic heterocycles. The monoisotopic (exact) mass is 261 g/mol. The van der Waals surface area contributed by atoms with Crippen molar-refractivity contribution in [2.45, 2.75) is 11.1 Å². The van der Waals surface area contributed by atoms with E-state index in [1.165, 1.54) is 6.07 Å². The average molecular weight is 261 g/mol. The van der Waals surface area contributed by atoms with Gasteiger partial charge in [0.1, 0.15) is 0 Å². The zero-order valence-electron chi connectivity index (χ0n) is 8.50. The first-order valence-electron chi connectivity index (χ1n) is 4.24. The predicted octanol–water partition coefficient (Wildman–Crippen LogP) is 2.65. The normalized spacial score (nSPS) is 10.8. The Morgan fingerprint density at radius 3 is 2.47 bits per heavy atom. The third-order valence-electron chi connectivity index (χ3n) is 1.93. The third kappa shape index (κ3) is 2.71. The summed E-state index contributed by atoms with van der Waals surface area (Å²) in [5.41, 5.74) is -2.68. The molecule has 0 unspecified atom stereocenters. The number of esters is 1. The molecule has 0 heterocycles. The van der Waals surface area contributed by atoms with Crippen LogP contribution >= 0.6 is 12.6 Å². The molecule has 0 fully saturated rings. The van der Waals surface area contributed by atoms with Crippen molar-refractivity contribution in [3.05, 3.63) is 28.8 Å². The summed E-state index contributed by atoms with van der Waals surface area (Å²) >= 11 is 3.83. The summed E-state index contributed by atoms with van der Waals surface area (Å²) in [6.07, 6.45) is -4.81. The van der Waals surface area contributed by atoms with Crippen molar-refractivity contribution in [2.75, 3.05) is 7.11 Å². The number of ether oxygens (including phenoxy) is 1. The summed E-state index contributed by atoms with van der Waals surface area (Å²) in [5, 5.41) is 8.65. The van der Waals surface area contributed by atoms with Gasteiger partial charge in [-0.05, 0) is 12.1 Å². The lowest BCUT2D eigenvalue weighted by Crippen LogP contribution is -2.16. The topological polar surface area (TPSA) is 50.1 Å². The molecule has 0 aliphatic rings. The van der Waals surface area contributed by atoms with Gasteiger partial charge in [-0.25, -0.2) is 4.79 Å². The molecule has 0 radical (unpaired) electrons. The van der Waals surface area contributed by atoms with Crippen molar-refractivity contribution in [1.82, 2.24) is 0 Å². The van der Waals surface area contributed by atoms with Gasteiger partial charge in [-0.3, -0.25) is 0 Å². The van der Waals surface area contributed by atoms with Crippen molar-refractivity contribution >= 4 is 18.6 Å². The van der Waals surface area contributed by atoms with Crippen LogP contribution in [0, 0.1) is 11.3 Å². The molecule has 17 heavy (non-hydrogen) atoms. The molecular weight excluding hydrogens is 255 g/mol. The summed E-state index contributed by atoms with van der Waals surface area (Å²) < 4.78 is 42.5. The van der Waals surface area contributed by atoms with Crippen LogP contribution in [0.4, 0.5) is 13.2 Å². The maximum atomic E-state index is 12.7. The number of halogens is 3. The number of nitriles is 1. The second-order valence-electron chi connectivity index (χ2n) is 3.02. The predicted molar refractivity (Wildman–Crippen MR) is 54.8 cm³/mol. The van der Waals surface area contributed by atoms with Gasteiger partial charge in [-0.2, -0.15) is 18.4 Å². The molecule has 0 bridgehead atoms. The minimum Gasteiger partial charge on any atom is -0.465 e. The summed E-state index contributed by atoms with van der Waals surface area (Å²) in [7, 11) is 0.958. The Kier molecular flexibility index (Phi) is 3.68. The second kappa shape index (κ2) is 4.67. The van der Waals surface area contributed by atoms with E-state index in [1.807, 2.05) is 0 Å². The molecule has 0 aliphatic heterocycles. The fourth-order valence-corrected chi connectivity index (χ4v) is 1.55. The highest BCUT2D eigenvalue weighted by atomic mass is 32.1. The van der Waals surface area contributed by atoms with Crippen LogP contribution in [-0.2, 0) is 10.9 Å². The van der Waals surface area contributed by atoms with Crippen LogP contribution < -0.4 is 0 Å². The molecule has 1 aromatic rings. The van der Waals surface area contributed by atoms with E-state index in [9.17, 15) is 18.0 Å². The fraction of sp³-hybridized carbons (Fsp3) is 0.200. The molecular formula is C10H6F3NO2S. The number of rotatable bonds is 1. The van der Waals surface area contributed by atoms with Crippen LogP contribution in [0.5, 0.6) is 0 Å². The maximum absolute atomic E-state index is 12.7. The van der Waals surface area contributed by atoms with E-state index in [0.717, 1.165) is 19.2 Å². The standard InChI is InChI=1S/C10H6F3NO2S/c1-16-9(15)7-3-6(17)2-5(4-14)8(7)10(11,12)13/h2-3,17H,1H3. The Labute approximate surface area is 100 Å². The summed E-state index contributed by atoms with van der Waals surface area (Å²) in [5.74, 6) is -1.16. The zero-order valence-corrected chi connectivity index (χ0v) is 9.39. The molecule has 0 saturated heterocycles. The van der Waals surface area contributed by atoms with E-state index >= 15 is 0 Å². The molecule has 7 heteroatoms. The van der Waals surface area contributed by atoms with Crippen molar-refractivity contribution < 1.29 is 22.7 Å². The Hall–Kier alpha value is -1.68. The minimum atomic E-state index is -4.81. The van der Waals surface area contributed by atoms with Gasteiger partial charge >= 0.3 is 12.1 Å². The molecule has 3 nitrogen and oxygen atoms in total. The number of methoxy groups -OCH3 is 1. The number of hydrogen-bond donors (Lipinski definition) is 1. The molecule has 0 atom stereocenters. The van der Waals surface area contributed by atoms with E-state index in [4.69, 9.17) is 5.26 Å². The SMILES string of the molecule is COC(=O)c1cc(S)cc(C#N)c1C(F)(F)F. The van der Waals surface area contributed by atoms with Gasteiger partial charge in [-0.15, -0.1) is 12.6 Å². The first-order chi connectivity index (χ1) is 7.81. The molecule has 0 spiro atoms. The number of nitrogens with zero attached hydrogens (tertiary/aromatic N) is 1. The molecule has 0 amide bonds. The molecule has 1 rings (SSSR count). The van der Waals surface area contributed by atoms with Gasteiger partial charge < -0.3 is 4.74 Å². The lowest BCUT2D eigenvalue weighted by Gasteiger charge is -2.13. The number of thiol groups is 1. The van der Waals surface area contributed by atoms with E-state index in [0.29, 0.717) is 0 Å².